The summed E-state index contributed by atoms with van der Waals surface area (Å²) in [7, 11) is 3.01. The van der Waals surface area contributed by atoms with Gasteiger partial charge in [-0.1, -0.05) is 48.7 Å². The van der Waals surface area contributed by atoms with Crippen LogP contribution in [0.2, 0.25) is 0 Å². The van der Waals surface area contributed by atoms with Crippen LogP contribution in [0.25, 0.3) is 0 Å². The number of carbonyl (C=O) groups excluding carboxylic acids is 2. The van der Waals surface area contributed by atoms with Crippen molar-refractivity contribution in [2.24, 2.45) is 0 Å². The molecule has 10 heteroatoms. The lowest BCUT2D eigenvalue weighted by molar-refractivity contribution is -0.132. The highest BCUT2D eigenvalue weighted by Gasteiger charge is 2.18. The first kappa shape index (κ1) is 22.1. The fourth-order valence-corrected chi connectivity index (χ4v) is 2.81. The number of thiocarbonyl (C=S) groups is 2. The van der Waals surface area contributed by atoms with E-state index < -0.39 is 18.2 Å². The van der Waals surface area contributed by atoms with E-state index in [2.05, 4.69) is 10.9 Å². The van der Waals surface area contributed by atoms with Crippen LogP contribution in [0.3, 0.4) is 0 Å². The molecule has 0 aliphatic carbocycles. The third kappa shape index (κ3) is 5.87. The van der Waals surface area contributed by atoms with Crippen molar-refractivity contribution in [1.82, 2.24) is 20.9 Å². The standard InChI is InChI=1S/C19H20N4O4S2/c1-22(18(28)12-7-3-5-9-14(12)24)20-16(26)11-17(27)21-23(2)19(29)13-8-4-6-10-15(13)25/h3-10,24-25H,11H2,1-2H3,(H,20,26)(H,21,27). The number of nitrogens with one attached hydrogen (secondary N) is 2. The molecule has 0 saturated heterocycles. The summed E-state index contributed by atoms with van der Waals surface area (Å²) in [6.45, 7) is 0. The Kier molecular flexibility index (Phi) is 7.46. The molecule has 8 nitrogen and oxygen atoms in total. The number of carbonyl (C=O) groups is 2. The molecule has 2 aromatic rings. The van der Waals surface area contributed by atoms with Crippen molar-refractivity contribution in [1.29, 1.82) is 0 Å². The Morgan fingerprint density at radius 3 is 1.48 bits per heavy atom. The molecule has 0 aliphatic heterocycles. The normalized spacial score (nSPS) is 10.0. The number of hydrogen-bond acceptors (Lipinski definition) is 6. The molecule has 0 bridgehead atoms. The highest BCUT2D eigenvalue weighted by atomic mass is 32.1. The molecule has 4 N–H and O–H groups in total. The van der Waals surface area contributed by atoms with Crippen LogP contribution >= 0.6 is 24.4 Å². The fraction of sp³-hybridized carbons (Fsp3) is 0.158. The average molecular weight is 433 g/mol. The number of benzene rings is 2. The lowest BCUT2D eigenvalue weighted by atomic mass is 10.2. The van der Waals surface area contributed by atoms with Crippen molar-refractivity contribution in [3.8, 4) is 11.5 Å². The molecule has 0 aliphatic rings. The van der Waals surface area contributed by atoms with Gasteiger partial charge in [-0.2, -0.15) is 0 Å². The second-order valence-corrected chi connectivity index (χ2v) is 6.78. The van der Waals surface area contributed by atoms with Gasteiger partial charge in [-0.15, -0.1) is 0 Å². The number of phenolic OH excluding ortho intramolecular Hbond substituents is 2. The number of nitrogens with zero attached hydrogens (tertiary/aromatic N) is 2. The Morgan fingerprint density at radius 2 is 1.14 bits per heavy atom. The predicted octanol–water partition coefficient (Wildman–Crippen LogP) is 1.47. The van der Waals surface area contributed by atoms with Crippen LogP contribution in [0.15, 0.2) is 48.5 Å². The summed E-state index contributed by atoms with van der Waals surface area (Å²) in [5, 5.41) is 22.2. The summed E-state index contributed by atoms with van der Waals surface area (Å²) in [6, 6.07) is 12.9. The van der Waals surface area contributed by atoms with Crippen molar-refractivity contribution in [3.63, 3.8) is 0 Å². The maximum atomic E-state index is 12.1. The van der Waals surface area contributed by atoms with Gasteiger partial charge in [0.25, 0.3) is 0 Å². The molecular formula is C19H20N4O4S2. The zero-order valence-corrected chi connectivity index (χ0v) is 17.4. The minimum absolute atomic E-state index is 0.0179. The van der Waals surface area contributed by atoms with E-state index in [1.54, 1.807) is 36.4 Å². The van der Waals surface area contributed by atoms with Gasteiger partial charge < -0.3 is 10.2 Å². The smallest absolute Gasteiger partial charge is 0.248 e. The first-order chi connectivity index (χ1) is 13.7. The van der Waals surface area contributed by atoms with Gasteiger partial charge in [0.05, 0.1) is 11.1 Å². The molecule has 0 saturated carbocycles. The first-order valence-corrected chi connectivity index (χ1v) is 9.23. The van der Waals surface area contributed by atoms with Gasteiger partial charge in [-0.05, 0) is 24.3 Å². The molecule has 152 valence electrons. The number of rotatable bonds is 4. The summed E-state index contributed by atoms with van der Waals surface area (Å²) in [5.74, 6) is -1.25. The van der Waals surface area contributed by atoms with Crippen molar-refractivity contribution in [2.75, 3.05) is 14.1 Å². The Hall–Kier alpha value is -3.24. The second-order valence-electron chi connectivity index (χ2n) is 6.01. The van der Waals surface area contributed by atoms with Crippen molar-refractivity contribution < 1.29 is 19.8 Å². The minimum Gasteiger partial charge on any atom is -0.507 e. The van der Waals surface area contributed by atoms with Crippen molar-refractivity contribution >= 4 is 46.2 Å². The minimum atomic E-state index is -0.607. The molecule has 0 atom stereocenters. The number of amides is 2. The molecule has 0 radical (unpaired) electrons. The van der Waals surface area contributed by atoms with E-state index in [1.807, 2.05) is 0 Å². The van der Waals surface area contributed by atoms with E-state index >= 15 is 0 Å². The predicted molar refractivity (Wildman–Crippen MR) is 116 cm³/mol. The van der Waals surface area contributed by atoms with Gasteiger partial charge in [-0.3, -0.25) is 30.5 Å². The van der Waals surface area contributed by atoms with Crippen LogP contribution in [0.4, 0.5) is 0 Å². The second kappa shape index (κ2) is 9.80. The zero-order chi connectivity index (χ0) is 21.6. The largest absolute Gasteiger partial charge is 0.507 e. The number of aromatic hydroxyl groups is 2. The number of hydrazine groups is 2. The molecule has 0 unspecified atom stereocenters. The molecule has 2 amide bonds. The first-order valence-electron chi connectivity index (χ1n) is 8.41. The van der Waals surface area contributed by atoms with Crippen LogP contribution in [0.5, 0.6) is 11.5 Å². The van der Waals surface area contributed by atoms with Crippen LogP contribution in [-0.4, -0.2) is 56.1 Å². The van der Waals surface area contributed by atoms with E-state index in [0.717, 1.165) is 0 Å². The van der Waals surface area contributed by atoms with Gasteiger partial charge >= 0.3 is 0 Å². The van der Waals surface area contributed by atoms with E-state index in [9.17, 15) is 19.8 Å². The van der Waals surface area contributed by atoms with Gasteiger partial charge in [0.15, 0.2) is 0 Å². The van der Waals surface area contributed by atoms with Crippen LogP contribution in [-0.2, 0) is 9.59 Å². The Balaban J connectivity index is 1.89. The quantitative estimate of drug-likeness (QED) is 0.327. The maximum Gasteiger partial charge on any atom is 0.248 e. The monoisotopic (exact) mass is 432 g/mol. The number of phenols is 2. The SMILES string of the molecule is CN(NC(=O)CC(=O)NN(C)C(=S)c1ccccc1O)C(=S)c1ccccc1O. The molecule has 2 aromatic carbocycles. The Labute approximate surface area is 178 Å². The van der Waals surface area contributed by atoms with Crippen LogP contribution in [0.1, 0.15) is 17.5 Å². The lowest BCUT2D eigenvalue weighted by Crippen LogP contribution is -2.47. The maximum absolute atomic E-state index is 12.1. The molecule has 0 heterocycles. The van der Waals surface area contributed by atoms with Gasteiger partial charge in [0, 0.05) is 14.1 Å². The van der Waals surface area contributed by atoms with Crippen LogP contribution < -0.4 is 10.9 Å². The molecule has 0 aromatic heterocycles. The van der Waals surface area contributed by atoms with E-state index in [0.29, 0.717) is 11.1 Å². The Morgan fingerprint density at radius 1 is 0.793 bits per heavy atom. The highest BCUT2D eigenvalue weighted by Crippen LogP contribution is 2.18. The molecular weight excluding hydrogens is 412 g/mol. The zero-order valence-electron chi connectivity index (χ0n) is 15.7. The van der Waals surface area contributed by atoms with Crippen LogP contribution in [0, 0.1) is 0 Å². The molecule has 29 heavy (non-hydrogen) atoms. The number of hydrogen-bond donors (Lipinski definition) is 4. The summed E-state index contributed by atoms with van der Waals surface area (Å²) < 4.78 is 0. The van der Waals surface area contributed by atoms with Gasteiger partial charge in [0.1, 0.15) is 27.9 Å². The lowest BCUT2D eigenvalue weighted by Gasteiger charge is -2.23. The average Bonchev–Trinajstić information content (AvgIpc) is 2.67. The van der Waals surface area contributed by atoms with E-state index in [1.165, 1.54) is 36.2 Å². The fourth-order valence-electron chi connectivity index (χ4n) is 2.37. The van der Waals surface area contributed by atoms with Crippen molar-refractivity contribution in [2.45, 2.75) is 6.42 Å². The molecule has 0 fully saturated rings. The highest BCUT2D eigenvalue weighted by molar-refractivity contribution is 7.81. The third-order valence-corrected chi connectivity index (χ3v) is 4.77. The van der Waals surface area contributed by atoms with E-state index in [-0.39, 0.29) is 21.5 Å². The summed E-state index contributed by atoms with van der Waals surface area (Å²) in [4.78, 5) is 24.6. The molecule has 2 rings (SSSR count). The third-order valence-electron chi connectivity index (χ3n) is 3.78. The summed E-state index contributed by atoms with van der Waals surface area (Å²) in [5.41, 5.74) is 5.69. The summed E-state index contributed by atoms with van der Waals surface area (Å²) >= 11 is 10.5. The number of para-hydroxylation sites is 2. The topological polar surface area (TPSA) is 105 Å². The van der Waals surface area contributed by atoms with Gasteiger partial charge in [-0.25, -0.2) is 0 Å². The molecule has 0 spiro atoms. The van der Waals surface area contributed by atoms with Crippen molar-refractivity contribution in [3.05, 3.63) is 59.7 Å². The Bertz CT molecular complexity index is 876. The van der Waals surface area contributed by atoms with E-state index in [4.69, 9.17) is 24.4 Å². The van der Waals surface area contributed by atoms with Gasteiger partial charge in [0.2, 0.25) is 11.8 Å². The summed E-state index contributed by atoms with van der Waals surface area (Å²) in [6.07, 6.45) is -0.485.